The Bertz CT molecular complexity index is 846. The molecule has 0 bridgehead atoms. The topological polar surface area (TPSA) is 30.5 Å². The van der Waals surface area contributed by atoms with Crippen LogP contribution in [0.25, 0.3) is 0 Å². The number of benzene rings is 2. The number of ether oxygens (including phenoxy) is 2. The minimum absolute atomic E-state index is 0.212. The van der Waals surface area contributed by atoms with Crippen molar-refractivity contribution in [2.24, 2.45) is 5.92 Å². The summed E-state index contributed by atoms with van der Waals surface area (Å²) in [4.78, 5) is 0. The first-order valence-corrected chi connectivity index (χ1v) is 8.96. The van der Waals surface area contributed by atoms with Crippen molar-refractivity contribution in [3.63, 3.8) is 0 Å². The third-order valence-electron chi connectivity index (χ3n) is 5.44. The van der Waals surface area contributed by atoms with Crippen molar-refractivity contribution < 1.29 is 9.47 Å². The maximum Gasteiger partial charge on any atom is 0.161 e. The van der Waals surface area contributed by atoms with Gasteiger partial charge in [-0.3, -0.25) is 0 Å². The molecule has 0 radical (unpaired) electrons. The molecule has 0 saturated heterocycles. The highest BCUT2D eigenvalue weighted by atomic mass is 35.5. The van der Waals surface area contributed by atoms with Crippen LogP contribution in [-0.2, 0) is 0 Å². The van der Waals surface area contributed by atoms with Crippen LogP contribution in [0, 0.1) is 12.8 Å². The summed E-state index contributed by atoms with van der Waals surface area (Å²) in [7, 11) is 3.34. The molecule has 4 heteroatoms. The molecule has 25 heavy (non-hydrogen) atoms. The van der Waals surface area contributed by atoms with Crippen LogP contribution in [0.2, 0.25) is 5.02 Å². The lowest BCUT2D eigenvalue weighted by Crippen LogP contribution is -2.29. The normalized spacial score (nSPS) is 23.6. The molecule has 0 saturated carbocycles. The molecule has 3 atom stereocenters. The number of nitrogens with one attached hydrogen (secondary N) is 1. The Morgan fingerprint density at radius 3 is 2.64 bits per heavy atom. The van der Waals surface area contributed by atoms with E-state index in [0.29, 0.717) is 11.8 Å². The van der Waals surface area contributed by atoms with Crippen LogP contribution in [0.5, 0.6) is 11.5 Å². The molecule has 3 unspecified atom stereocenters. The number of halogens is 1. The van der Waals surface area contributed by atoms with Crippen molar-refractivity contribution >= 4 is 17.3 Å². The number of anilines is 1. The van der Waals surface area contributed by atoms with E-state index in [1.165, 1.54) is 22.4 Å². The summed E-state index contributed by atoms with van der Waals surface area (Å²) < 4.78 is 10.9. The summed E-state index contributed by atoms with van der Waals surface area (Å²) in [5.74, 6) is 2.31. The van der Waals surface area contributed by atoms with Crippen LogP contribution in [0.15, 0.2) is 42.5 Å². The molecule has 130 valence electrons. The monoisotopic (exact) mass is 355 g/mol. The van der Waals surface area contributed by atoms with E-state index >= 15 is 0 Å². The predicted molar refractivity (Wildman–Crippen MR) is 102 cm³/mol. The quantitative estimate of drug-likeness (QED) is 0.738. The van der Waals surface area contributed by atoms with E-state index in [0.717, 1.165) is 22.9 Å². The molecule has 0 aromatic heterocycles. The first kappa shape index (κ1) is 16.3. The minimum Gasteiger partial charge on any atom is -0.493 e. The van der Waals surface area contributed by atoms with Gasteiger partial charge >= 0.3 is 0 Å². The lowest BCUT2D eigenvalue weighted by atomic mass is 9.76. The van der Waals surface area contributed by atoms with Crippen LogP contribution >= 0.6 is 11.6 Å². The van der Waals surface area contributed by atoms with E-state index in [4.69, 9.17) is 21.1 Å². The third-order valence-corrected chi connectivity index (χ3v) is 5.77. The van der Waals surface area contributed by atoms with Gasteiger partial charge < -0.3 is 14.8 Å². The van der Waals surface area contributed by atoms with Crippen LogP contribution in [0.1, 0.15) is 35.1 Å². The smallest absolute Gasteiger partial charge is 0.161 e. The molecule has 4 rings (SSSR count). The molecular formula is C21H22ClNO2. The molecule has 0 spiro atoms. The Morgan fingerprint density at radius 2 is 1.88 bits per heavy atom. The fraction of sp³-hybridized carbons (Fsp3) is 0.333. The molecule has 0 fully saturated rings. The highest BCUT2D eigenvalue weighted by molar-refractivity contribution is 6.32. The van der Waals surface area contributed by atoms with Gasteiger partial charge in [0.05, 0.1) is 20.3 Å². The van der Waals surface area contributed by atoms with Gasteiger partial charge in [-0.25, -0.2) is 0 Å². The van der Waals surface area contributed by atoms with E-state index in [1.807, 2.05) is 12.1 Å². The number of aryl methyl sites for hydroxylation is 1. The zero-order valence-corrected chi connectivity index (χ0v) is 15.4. The molecule has 2 aromatic carbocycles. The second-order valence-corrected chi connectivity index (χ2v) is 7.15. The van der Waals surface area contributed by atoms with Crippen molar-refractivity contribution in [2.75, 3.05) is 19.5 Å². The van der Waals surface area contributed by atoms with E-state index in [2.05, 4.69) is 42.6 Å². The largest absolute Gasteiger partial charge is 0.493 e. The highest BCUT2D eigenvalue weighted by Gasteiger charge is 2.39. The average Bonchev–Trinajstić information content (AvgIpc) is 3.13. The van der Waals surface area contributed by atoms with E-state index in [1.54, 1.807) is 14.2 Å². The van der Waals surface area contributed by atoms with Gasteiger partial charge in [-0.05, 0) is 48.6 Å². The second-order valence-electron chi connectivity index (χ2n) is 6.74. The maximum atomic E-state index is 6.55. The fourth-order valence-corrected chi connectivity index (χ4v) is 4.47. The summed E-state index contributed by atoms with van der Waals surface area (Å²) in [6, 6.07) is 10.5. The summed E-state index contributed by atoms with van der Waals surface area (Å²) >= 11 is 6.55. The lowest BCUT2D eigenvalue weighted by Gasteiger charge is -2.39. The van der Waals surface area contributed by atoms with Gasteiger partial charge in [-0.2, -0.15) is 0 Å². The highest BCUT2D eigenvalue weighted by Crippen LogP contribution is 2.53. The zero-order chi connectivity index (χ0) is 17.6. The maximum absolute atomic E-state index is 6.55. The van der Waals surface area contributed by atoms with Crippen molar-refractivity contribution in [3.8, 4) is 11.5 Å². The fourth-order valence-electron chi connectivity index (χ4n) is 4.19. The van der Waals surface area contributed by atoms with Crippen molar-refractivity contribution in [2.45, 2.75) is 25.3 Å². The Balaban J connectivity index is 1.81. The Morgan fingerprint density at radius 1 is 1.08 bits per heavy atom. The van der Waals surface area contributed by atoms with Gasteiger partial charge in [-0.1, -0.05) is 35.9 Å². The van der Waals surface area contributed by atoms with Gasteiger partial charge in [-0.15, -0.1) is 0 Å². The molecule has 1 aliphatic heterocycles. The third kappa shape index (κ3) is 2.58. The Labute approximate surface area is 153 Å². The van der Waals surface area contributed by atoms with Crippen molar-refractivity contribution in [1.29, 1.82) is 0 Å². The lowest BCUT2D eigenvalue weighted by molar-refractivity contribution is 0.353. The minimum atomic E-state index is 0.212. The number of hydrogen-bond acceptors (Lipinski definition) is 3. The molecule has 0 amide bonds. The number of rotatable bonds is 3. The van der Waals surface area contributed by atoms with Crippen LogP contribution in [0.4, 0.5) is 5.69 Å². The standard InChI is InChI=1S/C21H22ClNO2/c1-12-7-9-16(22)19-14-5-4-6-15(14)21(23-20(12)19)13-8-10-17(24-2)18(11-13)25-3/h4-5,7-11,14-15,21,23H,6H2,1-3H3. The van der Waals surface area contributed by atoms with Gasteiger partial charge in [0.15, 0.2) is 11.5 Å². The van der Waals surface area contributed by atoms with E-state index in [9.17, 15) is 0 Å². The SMILES string of the molecule is COc1ccc(C2Nc3c(C)ccc(Cl)c3C3C=CCC32)cc1OC. The Kier molecular flexibility index (Phi) is 4.12. The molecule has 1 N–H and O–H groups in total. The van der Waals surface area contributed by atoms with E-state index in [-0.39, 0.29) is 6.04 Å². The summed E-state index contributed by atoms with van der Waals surface area (Å²) in [6.07, 6.45) is 5.63. The molecule has 1 aliphatic carbocycles. The Hall–Kier alpha value is -2.13. The van der Waals surface area contributed by atoms with Crippen LogP contribution in [-0.4, -0.2) is 14.2 Å². The number of hydrogen-bond donors (Lipinski definition) is 1. The molecular weight excluding hydrogens is 334 g/mol. The number of methoxy groups -OCH3 is 2. The zero-order valence-electron chi connectivity index (χ0n) is 14.7. The van der Waals surface area contributed by atoms with Gasteiger partial charge in [0.1, 0.15) is 0 Å². The second kappa shape index (κ2) is 6.30. The van der Waals surface area contributed by atoms with E-state index < -0.39 is 0 Å². The van der Waals surface area contributed by atoms with Crippen LogP contribution < -0.4 is 14.8 Å². The molecule has 3 nitrogen and oxygen atoms in total. The van der Waals surface area contributed by atoms with Gasteiger partial charge in [0.2, 0.25) is 0 Å². The molecule has 2 aliphatic rings. The predicted octanol–water partition coefficient (Wildman–Crippen LogP) is 5.49. The van der Waals surface area contributed by atoms with Crippen molar-refractivity contribution in [1.82, 2.24) is 0 Å². The number of allylic oxidation sites excluding steroid dienone is 2. The average molecular weight is 356 g/mol. The first-order chi connectivity index (χ1) is 12.1. The van der Waals surface area contributed by atoms with Crippen LogP contribution in [0.3, 0.4) is 0 Å². The van der Waals surface area contributed by atoms with Gasteiger partial charge in [0, 0.05) is 22.2 Å². The van der Waals surface area contributed by atoms with Gasteiger partial charge in [0.25, 0.3) is 0 Å². The summed E-state index contributed by atoms with van der Waals surface area (Å²) in [5.41, 5.74) is 4.84. The number of fused-ring (bicyclic) bond motifs is 3. The summed E-state index contributed by atoms with van der Waals surface area (Å²) in [5, 5.41) is 4.61. The molecule has 2 aromatic rings. The molecule has 1 heterocycles. The first-order valence-electron chi connectivity index (χ1n) is 8.58. The van der Waals surface area contributed by atoms with Crippen molar-refractivity contribution in [3.05, 3.63) is 64.2 Å². The summed E-state index contributed by atoms with van der Waals surface area (Å²) in [6.45, 7) is 2.13.